The van der Waals surface area contributed by atoms with E-state index in [2.05, 4.69) is 12.0 Å². The largest absolute Gasteiger partial charge is 0.497 e. The van der Waals surface area contributed by atoms with Crippen molar-refractivity contribution in [2.75, 3.05) is 13.7 Å². The third-order valence-electron chi connectivity index (χ3n) is 3.17. The van der Waals surface area contributed by atoms with E-state index in [1.165, 1.54) is 0 Å². The van der Waals surface area contributed by atoms with E-state index in [1.807, 2.05) is 24.3 Å². The zero-order valence-corrected chi connectivity index (χ0v) is 12.6. The molecular weight excluding hydrogens is 268 g/mol. The van der Waals surface area contributed by atoms with Crippen molar-refractivity contribution in [2.45, 2.75) is 26.7 Å². The molecule has 0 aliphatic heterocycles. The summed E-state index contributed by atoms with van der Waals surface area (Å²) in [6, 6.07) is 7.58. The highest BCUT2D eigenvalue weighted by atomic mass is 16.5. The second-order valence-corrected chi connectivity index (χ2v) is 4.59. The summed E-state index contributed by atoms with van der Waals surface area (Å²) < 4.78 is 12.0. The Morgan fingerprint density at radius 2 is 1.95 bits per heavy atom. The molecule has 1 heterocycles. The average Bonchev–Trinajstić information content (AvgIpc) is 2.92. The monoisotopic (exact) mass is 288 g/mol. The molecular formula is C16H20N2O3. The first-order valence-electron chi connectivity index (χ1n) is 7.09. The number of hydrogen-bond donors (Lipinski definition) is 0. The van der Waals surface area contributed by atoms with Gasteiger partial charge < -0.3 is 9.47 Å². The molecule has 112 valence electrons. The summed E-state index contributed by atoms with van der Waals surface area (Å²) in [6.45, 7) is 4.23. The summed E-state index contributed by atoms with van der Waals surface area (Å²) in [5, 5.41) is 4.34. The van der Waals surface area contributed by atoms with E-state index in [1.54, 1.807) is 24.9 Å². The lowest BCUT2D eigenvalue weighted by Crippen LogP contribution is -2.09. The summed E-state index contributed by atoms with van der Waals surface area (Å²) in [4.78, 5) is 12.0. The van der Waals surface area contributed by atoms with Gasteiger partial charge in [0.25, 0.3) is 0 Å². The van der Waals surface area contributed by atoms with E-state index in [4.69, 9.17) is 9.47 Å². The van der Waals surface area contributed by atoms with Crippen molar-refractivity contribution < 1.29 is 14.3 Å². The third kappa shape index (κ3) is 3.24. The Kier molecular flexibility index (Phi) is 4.98. The van der Waals surface area contributed by atoms with Crippen LogP contribution >= 0.6 is 0 Å². The van der Waals surface area contributed by atoms with Gasteiger partial charge in [-0.2, -0.15) is 5.10 Å². The number of nitrogens with zero attached hydrogens (tertiary/aromatic N) is 2. The number of hydrogen-bond acceptors (Lipinski definition) is 4. The van der Waals surface area contributed by atoms with Gasteiger partial charge in [0.05, 0.1) is 31.3 Å². The first-order chi connectivity index (χ1) is 10.2. The fourth-order valence-electron chi connectivity index (χ4n) is 2.18. The van der Waals surface area contributed by atoms with Gasteiger partial charge in [-0.3, -0.25) is 0 Å². The van der Waals surface area contributed by atoms with Crippen LogP contribution in [-0.4, -0.2) is 29.5 Å². The van der Waals surface area contributed by atoms with Crippen LogP contribution in [0.5, 0.6) is 5.75 Å². The summed E-state index contributed by atoms with van der Waals surface area (Å²) >= 11 is 0. The van der Waals surface area contributed by atoms with Gasteiger partial charge in [-0.05, 0) is 37.6 Å². The van der Waals surface area contributed by atoms with Crippen molar-refractivity contribution in [3.63, 3.8) is 0 Å². The normalized spacial score (nSPS) is 10.4. The van der Waals surface area contributed by atoms with Crippen LogP contribution in [0.1, 0.15) is 36.3 Å². The molecule has 2 aromatic rings. The number of esters is 1. The molecule has 1 aromatic carbocycles. The Morgan fingerprint density at radius 1 is 1.24 bits per heavy atom. The zero-order chi connectivity index (χ0) is 15.2. The molecule has 0 saturated heterocycles. The second kappa shape index (κ2) is 6.92. The lowest BCUT2D eigenvalue weighted by Gasteiger charge is -2.09. The number of carbonyl (C=O) groups excluding carboxylic acids is 1. The van der Waals surface area contributed by atoms with Crippen molar-refractivity contribution in [3.8, 4) is 11.4 Å². The first kappa shape index (κ1) is 15.1. The number of benzene rings is 1. The maximum atomic E-state index is 12.0. The van der Waals surface area contributed by atoms with Crippen LogP contribution in [0, 0.1) is 0 Å². The van der Waals surface area contributed by atoms with Crippen LogP contribution in [0.15, 0.2) is 30.5 Å². The summed E-state index contributed by atoms with van der Waals surface area (Å²) in [5.74, 6) is 0.467. The predicted molar refractivity (Wildman–Crippen MR) is 80.1 cm³/mol. The van der Waals surface area contributed by atoms with Gasteiger partial charge in [0.1, 0.15) is 11.3 Å². The molecule has 0 bridgehead atoms. The van der Waals surface area contributed by atoms with Crippen molar-refractivity contribution >= 4 is 5.97 Å². The molecule has 0 aliphatic rings. The van der Waals surface area contributed by atoms with Gasteiger partial charge in [-0.15, -0.1) is 0 Å². The Hall–Kier alpha value is -2.30. The van der Waals surface area contributed by atoms with Crippen LogP contribution < -0.4 is 4.74 Å². The zero-order valence-electron chi connectivity index (χ0n) is 12.6. The topological polar surface area (TPSA) is 53.3 Å². The summed E-state index contributed by atoms with van der Waals surface area (Å²) in [6.07, 6.45) is 3.27. The number of ether oxygens (including phenoxy) is 2. The Morgan fingerprint density at radius 3 is 2.52 bits per heavy atom. The highest BCUT2D eigenvalue weighted by Gasteiger charge is 2.18. The average molecular weight is 288 g/mol. The van der Waals surface area contributed by atoms with E-state index < -0.39 is 0 Å². The van der Waals surface area contributed by atoms with E-state index in [0.717, 1.165) is 30.0 Å². The SMILES string of the molecule is CCCc1c(C(=O)OCC)cnn1-c1ccc(OC)cc1. The number of methoxy groups -OCH3 is 1. The lowest BCUT2D eigenvalue weighted by molar-refractivity contribution is 0.0525. The van der Waals surface area contributed by atoms with E-state index >= 15 is 0 Å². The molecule has 0 radical (unpaired) electrons. The number of carbonyl (C=O) groups is 1. The van der Waals surface area contributed by atoms with Crippen LogP contribution in [-0.2, 0) is 11.2 Å². The maximum Gasteiger partial charge on any atom is 0.341 e. The number of aromatic nitrogens is 2. The lowest BCUT2D eigenvalue weighted by atomic mass is 10.1. The minimum absolute atomic E-state index is 0.319. The summed E-state index contributed by atoms with van der Waals surface area (Å²) in [5.41, 5.74) is 2.31. The van der Waals surface area contributed by atoms with Gasteiger partial charge in [0.2, 0.25) is 0 Å². The highest BCUT2D eigenvalue weighted by Crippen LogP contribution is 2.20. The maximum absolute atomic E-state index is 12.0. The molecule has 1 aromatic heterocycles. The van der Waals surface area contributed by atoms with Gasteiger partial charge in [-0.1, -0.05) is 13.3 Å². The molecule has 0 atom stereocenters. The Labute approximate surface area is 124 Å². The molecule has 5 heteroatoms. The smallest absolute Gasteiger partial charge is 0.341 e. The van der Waals surface area contributed by atoms with Crippen molar-refractivity contribution in [1.82, 2.24) is 9.78 Å². The first-order valence-corrected chi connectivity index (χ1v) is 7.09. The molecule has 5 nitrogen and oxygen atoms in total. The van der Waals surface area contributed by atoms with Crippen molar-refractivity contribution in [2.24, 2.45) is 0 Å². The second-order valence-electron chi connectivity index (χ2n) is 4.59. The summed E-state index contributed by atoms with van der Waals surface area (Å²) in [7, 11) is 1.63. The van der Waals surface area contributed by atoms with Gasteiger partial charge in [0, 0.05) is 0 Å². The third-order valence-corrected chi connectivity index (χ3v) is 3.17. The molecule has 0 saturated carbocycles. The minimum atomic E-state index is -0.319. The highest BCUT2D eigenvalue weighted by molar-refractivity contribution is 5.90. The van der Waals surface area contributed by atoms with Crippen LogP contribution in [0.2, 0.25) is 0 Å². The molecule has 2 rings (SSSR count). The van der Waals surface area contributed by atoms with Gasteiger partial charge in [-0.25, -0.2) is 9.48 Å². The molecule has 0 spiro atoms. The molecule has 0 unspecified atom stereocenters. The van der Waals surface area contributed by atoms with Crippen molar-refractivity contribution in [3.05, 3.63) is 41.7 Å². The van der Waals surface area contributed by atoms with Crippen LogP contribution in [0.25, 0.3) is 5.69 Å². The van der Waals surface area contributed by atoms with Gasteiger partial charge in [0.15, 0.2) is 0 Å². The fraction of sp³-hybridized carbons (Fsp3) is 0.375. The molecule has 0 N–H and O–H groups in total. The number of rotatable bonds is 6. The van der Waals surface area contributed by atoms with Crippen molar-refractivity contribution in [1.29, 1.82) is 0 Å². The van der Waals surface area contributed by atoms with Gasteiger partial charge >= 0.3 is 5.97 Å². The quantitative estimate of drug-likeness (QED) is 0.767. The molecule has 21 heavy (non-hydrogen) atoms. The van der Waals surface area contributed by atoms with E-state index in [9.17, 15) is 4.79 Å². The molecule has 0 aliphatic carbocycles. The Balaban J connectivity index is 2.40. The standard InChI is InChI=1S/C16H20N2O3/c1-4-6-15-14(16(19)21-5-2)11-17-18(15)12-7-9-13(20-3)10-8-12/h7-11H,4-6H2,1-3H3. The van der Waals surface area contributed by atoms with Crippen LogP contribution in [0.3, 0.4) is 0 Å². The predicted octanol–water partition coefficient (Wildman–Crippen LogP) is 3.01. The van der Waals surface area contributed by atoms with E-state index in [0.29, 0.717) is 12.2 Å². The Bertz CT molecular complexity index is 602. The molecule has 0 amide bonds. The van der Waals surface area contributed by atoms with E-state index in [-0.39, 0.29) is 5.97 Å². The van der Waals surface area contributed by atoms with Crippen LogP contribution in [0.4, 0.5) is 0 Å². The fourth-order valence-corrected chi connectivity index (χ4v) is 2.18. The molecule has 0 fully saturated rings. The minimum Gasteiger partial charge on any atom is -0.497 e.